The first kappa shape index (κ1) is 52.9. The minimum atomic E-state index is -4.72. The molecule has 1 saturated carbocycles. The average Bonchev–Trinajstić information content (AvgIpc) is 3.93. The molecule has 2 aliphatic rings. The van der Waals surface area contributed by atoms with Crippen LogP contribution in [0.4, 0.5) is 13.2 Å². The summed E-state index contributed by atoms with van der Waals surface area (Å²) in [6.07, 6.45) is -2.63. The maximum absolute atomic E-state index is 14.0. The molecule has 6 rings (SSSR count). The number of halogens is 3. The summed E-state index contributed by atoms with van der Waals surface area (Å²) >= 11 is 0. The Balaban J connectivity index is 0.885. The number of nitrogens with zero attached hydrogens (tertiary/aromatic N) is 3. The first-order valence-electron chi connectivity index (χ1n) is 23.4. The Morgan fingerprint density at radius 1 is 0.943 bits per heavy atom. The van der Waals surface area contributed by atoms with Gasteiger partial charge in [0.25, 0.3) is 5.91 Å². The number of carbonyl (C=O) groups is 4. The van der Waals surface area contributed by atoms with Crippen LogP contribution in [0.15, 0.2) is 77.5 Å². The predicted octanol–water partition coefficient (Wildman–Crippen LogP) is 7.53. The first-order valence-corrected chi connectivity index (χ1v) is 23.4. The zero-order valence-corrected chi connectivity index (χ0v) is 40.9. The van der Waals surface area contributed by atoms with E-state index in [1.807, 2.05) is 79.7 Å². The number of amides is 4. The van der Waals surface area contributed by atoms with Gasteiger partial charge in [-0.3, -0.25) is 19.2 Å². The SMILES string of the molecule is Cc1ncoc1-c1ccc(CNC(=O)[C@@H]2C[C@@H](O)CN2C(=O)C(NC(=O)COCCCCCOc2ccc(C(=O)NC3C(C)(C)C(Oc4ccc(C#N)c(C(F)(F)F)c4)C3(C)C)cc2)C(C)(C)C)cc1. The number of nitrogens with one attached hydrogen (secondary N) is 3. The second-order valence-electron chi connectivity index (χ2n) is 20.3. The van der Waals surface area contributed by atoms with Gasteiger partial charge in [0, 0.05) is 54.1 Å². The van der Waals surface area contributed by atoms with E-state index in [0.717, 1.165) is 35.4 Å². The molecule has 15 nitrogen and oxygen atoms in total. The Labute approximate surface area is 406 Å². The van der Waals surface area contributed by atoms with E-state index in [-0.39, 0.29) is 43.8 Å². The Hall–Kier alpha value is -6.45. The van der Waals surface area contributed by atoms with Crippen LogP contribution in [-0.2, 0) is 31.8 Å². The van der Waals surface area contributed by atoms with Crippen molar-refractivity contribution in [3.05, 3.63) is 101 Å². The smallest absolute Gasteiger partial charge is 0.417 e. The fourth-order valence-electron chi connectivity index (χ4n) is 9.60. The number of hydrogen-bond acceptors (Lipinski definition) is 11. The van der Waals surface area contributed by atoms with E-state index >= 15 is 0 Å². The normalized spacial score (nSPS) is 19.8. The minimum absolute atomic E-state index is 0.0108. The fraction of sp³-hybridized carbons (Fsp3) is 0.500. The van der Waals surface area contributed by atoms with Crippen LogP contribution in [0.1, 0.15) is 107 Å². The lowest BCUT2D eigenvalue weighted by Crippen LogP contribution is -2.74. The molecule has 376 valence electrons. The van der Waals surface area contributed by atoms with Crippen molar-refractivity contribution < 1.29 is 56.1 Å². The molecule has 1 aliphatic heterocycles. The molecule has 4 amide bonds. The van der Waals surface area contributed by atoms with Crippen molar-refractivity contribution >= 4 is 23.6 Å². The largest absolute Gasteiger partial charge is 0.494 e. The number of nitriles is 1. The summed E-state index contributed by atoms with van der Waals surface area (Å²) in [5.74, 6) is -0.455. The molecule has 4 aromatic rings. The number of carbonyl (C=O) groups excluding carboxylic acids is 4. The van der Waals surface area contributed by atoms with Crippen molar-refractivity contribution in [2.24, 2.45) is 16.2 Å². The van der Waals surface area contributed by atoms with Gasteiger partial charge in [0.2, 0.25) is 17.7 Å². The summed E-state index contributed by atoms with van der Waals surface area (Å²) in [7, 11) is 0. The van der Waals surface area contributed by atoms with Crippen LogP contribution in [-0.4, -0.2) is 95.3 Å². The van der Waals surface area contributed by atoms with Crippen LogP contribution < -0.4 is 25.4 Å². The Morgan fingerprint density at radius 3 is 2.21 bits per heavy atom. The fourth-order valence-corrected chi connectivity index (χ4v) is 9.60. The molecular formula is C52H63F3N6O9. The predicted molar refractivity (Wildman–Crippen MR) is 252 cm³/mol. The number of rotatable bonds is 19. The summed E-state index contributed by atoms with van der Waals surface area (Å²) in [5.41, 5.74) is -0.724. The topological polar surface area (TPSA) is 205 Å². The second-order valence-corrected chi connectivity index (χ2v) is 20.3. The van der Waals surface area contributed by atoms with Gasteiger partial charge in [0.15, 0.2) is 12.2 Å². The van der Waals surface area contributed by atoms with Crippen molar-refractivity contribution in [3.8, 4) is 28.9 Å². The molecule has 1 saturated heterocycles. The van der Waals surface area contributed by atoms with Gasteiger partial charge in [-0.05, 0) is 79.6 Å². The van der Waals surface area contributed by atoms with E-state index < -0.39 is 75.6 Å². The van der Waals surface area contributed by atoms with Crippen molar-refractivity contribution in [1.29, 1.82) is 5.26 Å². The summed E-state index contributed by atoms with van der Waals surface area (Å²) in [6, 6.07) is 16.7. The van der Waals surface area contributed by atoms with Crippen molar-refractivity contribution in [1.82, 2.24) is 25.8 Å². The van der Waals surface area contributed by atoms with E-state index in [1.165, 1.54) is 17.4 Å². The van der Waals surface area contributed by atoms with Gasteiger partial charge >= 0.3 is 6.18 Å². The summed E-state index contributed by atoms with van der Waals surface area (Å²) in [4.78, 5) is 59.2. The van der Waals surface area contributed by atoms with Crippen LogP contribution >= 0.6 is 0 Å². The third kappa shape index (κ3) is 12.5. The third-order valence-electron chi connectivity index (χ3n) is 13.0. The molecule has 2 heterocycles. The van der Waals surface area contributed by atoms with E-state index in [9.17, 15) is 37.5 Å². The highest BCUT2D eigenvalue weighted by Gasteiger charge is 2.64. The molecule has 2 fully saturated rings. The highest BCUT2D eigenvalue weighted by Crippen LogP contribution is 2.56. The third-order valence-corrected chi connectivity index (χ3v) is 13.0. The summed E-state index contributed by atoms with van der Waals surface area (Å²) < 4.78 is 63.8. The number of likely N-dealkylation sites (tertiary alicyclic amines) is 1. The zero-order valence-electron chi connectivity index (χ0n) is 40.9. The maximum atomic E-state index is 14.0. The number of aliphatic hydroxyl groups excluding tert-OH is 1. The van der Waals surface area contributed by atoms with Gasteiger partial charge < -0.3 is 44.6 Å². The van der Waals surface area contributed by atoms with Gasteiger partial charge in [-0.15, -0.1) is 0 Å². The van der Waals surface area contributed by atoms with Gasteiger partial charge in [-0.1, -0.05) is 72.7 Å². The highest BCUT2D eigenvalue weighted by atomic mass is 19.4. The molecule has 3 aromatic carbocycles. The summed E-state index contributed by atoms with van der Waals surface area (Å²) in [6.45, 7) is 15.4. The second kappa shape index (κ2) is 21.7. The number of aromatic nitrogens is 1. The van der Waals surface area contributed by atoms with E-state index in [2.05, 4.69) is 20.9 Å². The number of ether oxygens (including phenoxy) is 3. The molecule has 0 radical (unpaired) electrons. The van der Waals surface area contributed by atoms with Crippen molar-refractivity contribution in [2.75, 3.05) is 26.4 Å². The number of hydrogen-bond donors (Lipinski definition) is 4. The first-order chi connectivity index (χ1) is 32.9. The lowest BCUT2D eigenvalue weighted by Gasteiger charge is -2.63. The Morgan fingerprint density at radius 2 is 1.60 bits per heavy atom. The van der Waals surface area contributed by atoms with Crippen LogP contribution in [0.5, 0.6) is 11.5 Å². The average molecular weight is 973 g/mol. The number of benzene rings is 3. The molecule has 1 aromatic heterocycles. The van der Waals surface area contributed by atoms with Crippen molar-refractivity contribution in [2.45, 2.75) is 124 Å². The van der Waals surface area contributed by atoms with Crippen LogP contribution in [0.3, 0.4) is 0 Å². The minimum Gasteiger partial charge on any atom is -0.494 e. The number of aryl methyl sites for hydroxylation is 1. The number of alkyl halides is 3. The summed E-state index contributed by atoms with van der Waals surface area (Å²) in [5, 5.41) is 28.5. The number of unbranched alkanes of at least 4 members (excludes halogenated alkanes) is 2. The van der Waals surface area contributed by atoms with Crippen LogP contribution in [0.2, 0.25) is 0 Å². The maximum Gasteiger partial charge on any atom is 0.417 e. The number of β-amino-alcohol motifs (C(OH)–C–C–N with tert-alkyl or cyclic N) is 1. The molecule has 1 unspecified atom stereocenters. The van der Waals surface area contributed by atoms with Gasteiger partial charge in [0.1, 0.15) is 36.3 Å². The number of aliphatic hydroxyl groups is 1. The molecule has 1 aliphatic carbocycles. The van der Waals surface area contributed by atoms with E-state index in [0.29, 0.717) is 43.1 Å². The molecular weight excluding hydrogens is 910 g/mol. The standard InChI is InChI=1S/C52H63F3N6O9/c1-31-42(69-30-58-31)33-14-12-32(13-15-33)27-57-45(65)40-24-36(62)28-61(40)46(66)43(49(2,3)4)59-41(63)29-67-22-10-9-11-23-68-37-19-16-34(17-20-37)44(64)60-47-50(5,6)48(51(47,7)8)70-38-21-18-35(26-56)39(25-38)52(53,54)55/h12-21,25,30,36,40,43,47-48,62H,9-11,22-24,27-29H2,1-8H3,(H,57,65)(H,59,63)(H,60,64)/t36-,40+,43?,47?,48?/m1/s1. The van der Waals surface area contributed by atoms with E-state index in [4.69, 9.17) is 23.9 Å². The molecule has 18 heteroatoms. The van der Waals surface area contributed by atoms with Gasteiger partial charge in [0.05, 0.1) is 35.6 Å². The quantitative estimate of drug-likeness (QED) is 0.0676. The Kier molecular flexibility index (Phi) is 16.4. The van der Waals surface area contributed by atoms with Crippen LogP contribution in [0, 0.1) is 34.5 Å². The number of oxazole rings is 1. The zero-order chi connectivity index (χ0) is 51.2. The Bertz CT molecular complexity index is 2510. The molecule has 4 N–H and O–H groups in total. The lowest BCUT2D eigenvalue weighted by molar-refractivity contribution is -0.164. The van der Waals surface area contributed by atoms with Crippen LogP contribution in [0.25, 0.3) is 11.3 Å². The molecule has 70 heavy (non-hydrogen) atoms. The van der Waals surface area contributed by atoms with Crippen molar-refractivity contribution in [3.63, 3.8) is 0 Å². The lowest BCUT2D eigenvalue weighted by atomic mass is 9.49. The highest BCUT2D eigenvalue weighted by molar-refractivity contribution is 5.95. The van der Waals surface area contributed by atoms with E-state index in [1.54, 1.807) is 30.3 Å². The molecule has 0 spiro atoms. The molecule has 0 bridgehead atoms. The van der Waals surface area contributed by atoms with Gasteiger partial charge in [-0.2, -0.15) is 18.4 Å². The molecule has 3 atom stereocenters. The van der Waals surface area contributed by atoms with Gasteiger partial charge in [-0.25, -0.2) is 4.98 Å². The monoisotopic (exact) mass is 972 g/mol.